The number of carbonyl (C=O) groups excluding carboxylic acids is 1. The van der Waals surface area contributed by atoms with Gasteiger partial charge in [-0.05, 0) is 31.2 Å². The Labute approximate surface area is 99.6 Å². The highest BCUT2D eigenvalue weighted by molar-refractivity contribution is 5.82. The van der Waals surface area contributed by atoms with Gasteiger partial charge in [0.1, 0.15) is 0 Å². The van der Waals surface area contributed by atoms with Crippen LogP contribution in [0.25, 0.3) is 0 Å². The van der Waals surface area contributed by atoms with E-state index in [1.165, 1.54) is 0 Å². The molecule has 1 N–H and O–H groups in total. The molecule has 0 spiro atoms. The van der Waals surface area contributed by atoms with Gasteiger partial charge in [-0.1, -0.05) is 27.7 Å². The van der Waals surface area contributed by atoms with Gasteiger partial charge in [0.05, 0.1) is 6.04 Å². The summed E-state index contributed by atoms with van der Waals surface area (Å²) in [6, 6.07) is 0.0206. The highest BCUT2D eigenvalue weighted by Crippen LogP contribution is 2.22. The number of nitrogens with one attached hydrogen (secondary N) is 1. The molecule has 1 saturated heterocycles. The number of carbonyl (C=O) groups is 1. The predicted octanol–water partition coefficient (Wildman–Crippen LogP) is 1.88. The first-order valence-corrected chi connectivity index (χ1v) is 6.29. The normalized spacial score (nSPS) is 28.1. The van der Waals surface area contributed by atoms with Crippen molar-refractivity contribution in [3.05, 3.63) is 0 Å². The van der Waals surface area contributed by atoms with Gasteiger partial charge < -0.3 is 10.2 Å². The van der Waals surface area contributed by atoms with Crippen LogP contribution < -0.4 is 5.32 Å². The molecule has 2 atom stereocenters. The Morgan fingerprint density at radius 3 is 2.50 bits per heavy atom. The number of hydrogen-bond donors (Lipinski definition) is 1. The summed E-state index contributed by atoms with van der Waals surface area (Å²) in [5, 5.41) is 3.14. The van der Waals surface area contributed by atoms with E-state index in [9.17, 15) is 4.79 Å². The third kappa shape index (κ3) is 3.78. The average molecular weight is 226 g/mol. The van der Waals surface area contributed by atoms with E-state index in [4.69, 9.17) is 0 Å². The smallest absolute Gasteiger partial charge is 0.239 e. The molecule has 1 fully saturated rings. The molecule has 1 amide bonds. The molecule has 94 valence electrons. The first-order valence-electron chi connectivity index (χ1n) is 6.29. The van der Waals surface area contributed by atoms with Gasteiger partial charge in [-0.2, -0.15) is 0 Å². The number of nitrogens with zero attached hydrogens (tertiary/aromatic N) is 1. The maximum Gasteiger partial charge on any atom is 0.239 e. The number of likely N-dealkylation sites (N-methyl/N-ethyl adjacent to an activating group) is 1. The summed E-state index contributed by atoms with van der Waals surface area (Å²) in [7, 11) is 1.88. The van der Waals surface area contributed by atoms with Crippen molar-refractivity contribution in [2.45, 2.75) is 46.6 Å². The molecule has 0 radical (unpaired) electrons. The van der Waals surface area contributed by atoms with Gasteiger partial charge in [-0.3, -0.25) is 4.79 Å². The number of likely N-dealkylation sites (tertiary alicyclic amines) is 1. The maximum absolute atomic E-state index is 12.3. The van der Waals surface area contributed by atoms with Gasteiger partial charge in [0.15, 0.2) is 0 Å². The largest absolute Gasteiger partial charge is 0.341 e. The SMILES string of the molecule is CNC1CCC(C)CN(CC(C)(C)C)C1=O. The van der Waals surface area contributed by atoms with Gasteiger partial charge >= 0.3 is 0 Å². The van der Waals surface area contributed by atoms with Crippen molar-refractivity contribution >= 4 is 5.91 Å². The van der Waals surface area contributed by atoms with E-state index < -0.39 is 0 Å². The summed E-state index contributed by atoms with van der Waals surface area (Å²) in [6.07, 6.45) is 2.11. The maximum atomic E-state index is 12.3. The quantitative estimate of drug-likeness (QED) is 0.779. The van der Waals surface area contributed by atoms with E-state index >= 15 is 0 Å². The number of amides is 1. The zero-order chi connectivity index (χ0) is 12.3. The fraction of sp³-hybridized carbons (Fsp3) is 0.923. The van der Waals surface area contributed by atoms with Crippen LogP contribution in [0.5, 0.6) is 0 Å². The Morgan fingerprint density at radius 1 is 1.38 bits per heavy atom. The number of rotatable bonds is 2. The molecule has 0 aromatic heterocycles. The lowest BCUT2D eigenvalue weighted by Crippen LogP contribution is -2.47. The molecule has 2 unspecified atom stereocenters. The van der Waals surface area contributed by atoms with Crippen molar-refractivity contribution in [1.29, 1.82) is 0 Å². The van der Waals surface area contributed by atoms with Gasteiger partial charge in [0.25, 0.3) is 0 Å². The van der Waals surface area contributed by atoms with E-state index in [2.05, 4.69) is 33.0 Å². The fourth-order valence-corrected chi connectivity index (χ4v) is 2.34. The summed E-state index contributed by atoms with van der Waals surface area (Å²) in [5.41, 5.74) is 0.179. The third-order valence-electron chi connectivity index (χ3n) is 3.10. The lowest BCUT2D eigenvalue weighted by Gasteiger charge is -2.31. The van der Waals surface area contributed by atoms with Crippen LogP contribution in [0.1, 0.15) is 40.5 Å². The van der Waals surface area contributed by atoms with Crippen LogP contribution in [0.4, 0.5) is 0 Å². The summed E-state index contributed by atoms with van der Waals surface area (Å²) in [6.45, 7) is 10.6. The molecule has 1 aliphatic heterocycles. The highest BCUT2D eigenvalue weighted by atomic mass is 16.2. The highest BCUT2D eigenvalue weighted by Gasteiger charge is 2.30. The second kappa shape index (κ2) is 5.17. The Bertz CT molecular complexity index is 245. The molecular formula is C13H26N2O. The van der Waals surface area contributed by atoms with Crippen molar-refractivity contribution in [3.8, 4) is 0 Å². The zero-order valence-electron chi connectivity index (χ0n) is 11.3. The molecule has 1 heterocycles. The third-order valence-corrected chi connectivity index (χ3v) is 3.10. The van der Waals surface area contributed by atoms with Crippen LogP contribution in [0.15, 0.2) is 0 Å². The first kappa shape index (κ1) is 13.5. The average Bonchev–Trinajstić information content (AvgIpc) is 2.26. The van der Waals surface area contributed by atoms with E-state index in [-0.39, 0.29) is 17.4 Å². The predicted molar refractivity (Wildman–Crippen MR) is 67.3 cm³/mol. The van der Waals surface area contributed by atoms with Crippen molar-refractivity contribution in [2.24, 2.45) is 11.3 Å². The minimum Gasteiger partial charge on any atom is -0.341 e. The molecule has 0 aliphatic carbocycles. The van der Waals surface area contributed by atoms with Crippen LogP contribution in [0.2, 0.25) is 0 Å². The Balaban J connectivity index is 2.74. The molecule has 0 aromatic rings. The fourth-order valence-electron chi connectivity index (χ4n) is 2.34. The first-order chi connectivity index (χ1) is 7.33. The van der Waals surface area contributed by atoms with Crippen molar-refractivity contribution in [3.63, 3.8) is 0 Å². The van der Waals surface area contributed by atoms with E-state index in [0.717, 1.165) is 25.9 Å². The molecule has 16 heavy (non-hydrogen) atoms. The summed E-state index contributed by atoms with van der Waals surface area (Å²) in [5.74, 6) is 0.895. The molecule has 3 nitrogen and oxygen atoms in total. The van der Waals surface area contributed by atoms with Crippen molar-refractivity contribution < 1.29 is 4.79 Å². The second-order valence-electron chi connectivity index (χ2n) is 6.30. The lowest BCUT2D eigenvalue weighted by atomic mass is 9.95. The van der Waals surface area contributed by atoms with Crippen LogP contribution in [0, 0.1) is 11.3 Å². The Morgan fingerprint density at radius 2 is 2.00 bits per heavy atom. The molecular weight excluding hydrogens is 200 g/mol. The number of hydrogen-bond acceptors (Lipinski definition) is 2. The molecule has 0 aromatic carbocycles. The lowest BCUT2D eigenvalue weighted by molar-refractivity contribution is -0.134. The van der Waals surface area contributed by atoms with Crippen molar-refractivity contribution in [2.75, 3.05) is 20.1 Å². The standard InChI is InChI=1S/C13H26N2O/c1-10-6-7-11(14-5)12(16)15(8-10)9-13(2,3)4/h10-11,14H,6-9H2,1-5H3. The topological polar surface area (TPSA) is 32.3 Å². The molecule has 0 bridgehead atoms. The Hall–Kier alpha value is -0.570. The van der Waals surface area contributed by atoms with E-state index in [0.29, 0.717) is 5.92 Å². The monoisotopic (exact) mass is 226 g/mol. The minimum atomic E-state index is 0.0206. The van der Waals surface area contributed by atoms with Gasteiger partial charge in [0.2, 0.25) is 5.91 Å². The molecule has 1 aliphatic rings. The van der Waals surface area contributed by atoms with Crippen LogP contribution in [-0.2, 0) is 4.79 Å². The molecule has 0 saturated carbocycles. The Kier molecular flexibility index (Phi) is 4.36. The molecule has 1 rings (SSSR count). The van der Waals surface area contributed by atoms with Crippen molar-refractivity contribution in [1.82, 2.24) is 10.2 Å². The molecule has 3 heteroatoms. The van der Waals surface area contributed by atoms with Crippen LogP contribution in [0.3, 0.4) is 0 Å². The van der Waals surface area contributed by atoms with Gasteiger partial charge in [0, 0.05) is 13.1 Å². The van der Waals surface area contributed by atoms with Crippen LogP contribution >= 0.6 is 0 Å². The van der Waals surface area contributed by atoms with E-state index in [1.54, 1.807) is 0 Å². The second-order valence-corrected chi connectivity index (χ2v) is 6.30. The summed E-state index contributed by atoms with van der Waals surface area (Å²) in [4.78, 5) is 14.3. The van der Waals surface area contributed by atoms with Crippen LogP contribution in [-0.4, -0.2) is 37.0 Å². The van der Waals surface area contributed by atoms with Gasteiger partial charge in [-0.15, -0.1) is 0 Å². The summed E-state index contributed by atoms with van der Waals surface area (Å²) >= 11 is 0. The summed E-state index contributed by atoms with van der Waals surface area (Å²) < 4.78 is 0. The zero-order valence-corrected chi connectivity index (χ0v) is 11.3. The van der Waals surface area contributed by atoms with E-state index in [1.807, 2.05) is 11.9 Å². The minimum absolute atomic E-state index is 0.0206. The van der Waals surface area contributed by atoms with Gasteiger partial charge in [-0.25, -0.2) is 0 Å².